The standard InChI is InChI=1S/C21H37NO2/c1-4-6-7-8-9-10-11-12-15-19(23)17-21(24)20(5-2)22-16-13-14-18(22)3/h20H,3-17H2,1-2H3/t20-/m0/s1. The third kappa shape index (κ3) is 7.63. The zero-order valence-electron chi connectivity index (χ0n) is 15.9. The van der Waals surface area contributed by atoms with Crippen molar-refractivity contribution < 1.29 is 9.59 Å². The topological polar surface area (TPSA) is 37.4 Å². The summed E-state index contributed by atoms with van der Waals surface area (Å²) in [6.07, 6.45) is 13.3. The van der Waals surface area contributed by atoms with Gasteiger partial charge in [0, 0.05) is 18.7 Å². The molecule has 0 spiro atoms. The lowest BCUT2D eigenvalue weighted by atomic mass is 10.00. The Labute approximate surface area is 148 Å². The normalized spacial score (nSPS) is 15.8. The lowest BCUT2D eigenvalue weighted by Crippen LogP contribution is -2.38. The number of likely N-dealkylation sites (tertiary alicyclic amines) is 1. The highest BCUT2D eigenvalue weighted by Crippen LogP contribution is 2.24. The van der Waals surface area contributed by atoms with E-state index in [0.29, 0.717) is 6.42 Å². The Morgan fingerprint density at radius 1 is 1.04 bits per heavy atom. The van der Waals surface area contributed by atoms with Crippen molar-refractivity contribution in [3.05, 3.63) is 12.3 Å². The van der Waals surface area contributed by atoms with Crippen LogP contribution in [-0.2, 0) is 9.59 Å². The maximum Gasteiger partial charge on any atom is 0.162 e. The predicted octanol–water partition coefficient (Wildman–Crippen LogP) is 5.43. The van der Waals surface area contributed by atoms with Gasteiger partial charge in [0.1, 0.15) is 5.78 Å². The number of carbonyl (C=O) groups excluding carboxylic acids is 2. The van der Waals surface area contributed by atoms with Gasteiger partial charge >= 0.3 is 0 Å². The SMILES string of the molecule is C=C1CCCN1[C@@H](CC)C(=O)CC(=O)CCCCCCCCCC. The molecule has 1 aliphatic heterocycles. The summed E-state index contributed by atoms with van der Waals surface area (Å²) in [5, 5.41) is 0. The molecule has 0 aromatic heterocycles. The van der Waals surface area contributed by atoms with Gasteiger partial charge in [-0.2, -0.15) is 0 Å². The van der Waals surface area contributed by atoms with Crippen LogP contribution in [0.4, 0.5) is 0 Å². The summed E-state index contributed by atoms with van der Waals surface area (Å²) in [6, 6.07) is -0.137. The first-order chi connectivity index (χ1) is 11.6. The maximum atomic E-state index is 12.4. The summed E-state index contributed by atoms with van der Waals surface area (Å²) in [5.74, 6) is 0.208. The van der Waals surface area contributed by atoms with E-state index in [2.05, 4.69) is 18.4 Å². The van der Waals surface area contributed by atoms with E-state index in [1.54, 1.807) is 0 Å². The second-order valence-corrected chi connectivity index (χ2v) is 7.19. The van der Waals surface area contributed by atoms with E-state index in [1.807, 2.05) is 6.92 Å². The largest absolute Gasteiger partial charge is 0.365 e. The summed E-state index contributed by atoms with van der Waals surface area (Å²) in [5.41, 5.74) is 1.06. The molecule has 0 aliphatic carbocycles. The van der Waals surface area contributed by atoms with Crippen LogP contribution in [0.25, 0.3) is 0 Å². The summed E-state index contributed by atoms with van der Waals surface area (Å²) < 4.78 is 0. The first kappa shape index (κ1) is 20.9. The van der Waals surface area contributed by atoms with E-state index >= 15 is 0 Å². The molecule has 0 N–H and O–H groups in total. The van der Waals surface area contributed by atoms with Crippen molar-refractivity contribution >= 4 is 11.6 Å². The molecule has 1 saturated heterocycles. The molecule has 1 aliphatic rings. The number of rotatable bonds is 14. The molecule has 3 heteroatoms. The zero-order chi connectivity index (χ0) is 17.8. The van der Waals surface area contributed by atoms with Crippen molar-refractivity contribution in [3.63, 3.8) is 0 Å². The first-order valence-electron chi connectivity index (χ1n) is 10.1. The van der Waals surface area contributed by atoms with Crippen LogP contribution in [0.15, 0.2) is 12.3 Å². The molecule has 1 atom stereocenters. The van der Waals surface area contributed by atoms with Gasteiger partial charge in [0.05, 0.1) is 12.5 Å². The zero-order valence-corrected chi connectivity index (χ0v) is 15.9. The molecule has 138 valence electrons. The van der Waals surface area contributed by atoms with Gasteiger partial charge in [-0.15, -0.1) is 0 Å². The number of hydrogen-bond acceptors (Lipinski definition) is 3. The molecule has 3 nitrogen and oxygen atoms in total. The molecule has 0 aromatic rings. The Kier molecular flexibility index (Phi) is 10.7. The third-order valence-corrected chi connectivity index (χ3v) is 5.09. The summed E-state index contributed by atoms with van der Waals surface area (Å²) in [7, 11) is 0. The van der Waals surface area contributed by atoms with Crippen LogP contribution in [0.2, 0.25) is 0 Å². The number of allylic oxidation sites excluding steroid dienone is 1. The molecule has 0 radical (unpaired) electrons. The molecular formula is C21H37NO2. The van der Waals surface area contributed by atoms with Gasteiger partial charge < -0.3 is 4.90 Å². The molecule has 1 fully saturated rings. The van der Waals surface area contributed by atoms with Crippen molar-refractivity contribution in [2.24, 2.45) is 0 Å². The average Bonchev–Trinajstić information content (AvgIpc) is 2.96. The number of hydrogen-bond donors (Lipinski definition) is 0. The van der Waals surface area contributed by atoms with E-state index in [9.17, 15) is 9.59 Å². The van der Waals surface area contributed by atoms with Crippen LogP contribution in [0.3, 0.4) is 0 Å². The van der Waals surface area contributed by atoms with E-state index in [-0.39, 0.29) is 24.0 Å². The van der Waals surface area contributed by atoms with E-state index < -0.39 is 0 Å². The van der Waals surface area contributed by atoms with Gasteiger partial charge in [0.25, 0.3) is 0 Å². The summed E-state index contributed by atoms with van der Waals surface area (Å²) >= 11 is 0. The quantitative estimate of drug-likeness (QED) is 0.313. The Morgan fingerprint density at radius 3 is 2.21 bits per heavy atom. The van der Waals surface area contributed by atoms with Crippen LogP contribution in [0.1, 0.15) is 97.3 Å². The Morgan fingerprint density at radius 2 is 1.67 bits per heavy atom. The number of ketones is 2. The van der Waals surface area contributed by atoms with Crippen LogP contribution < -0.4 is 0 Å². The average molecular weight is 336 g/mol. The molecule has 1 heterocycles. The summed E-state index contributed by atoms with van der Waals surface area (Å²) in [4.78, 5) is 26.6. The second kappa shape index (κ2) is 12.3. The lowest BCUT2D eigenvalue weighted by Gasteiger charge is -2.28. The molecule has 24 heavy (non-hydrogen) atoms. The molecule has 0 aromatic carbocycles. The number of nitrogens with zero attached hydrogens (tertiary/aromatic N) is 1. The monoisotopic (exact) mass is 335 g/mol. The van der Waals surface area contributed by atoms with Crippen molar-refractivity contribution in [1.29, 1.82) is 0 Å². The molecule has 1 rings (SSSR count). The molecule has 0 bridgehead atoms. The van der Waals surface area contributed by atoms with Crippen LogP contribution in [0, 0.1) is 0 Å². The van der Waals surface area contributed by atoms with Gasteiger partial charge in [-0.1, -0.05) is 65.4 Å². The Bertz CT molecular complexity index is 403. The molecule has 0 amide bonds. The minimum Gasteiger partial charge on any atom is -0.365 e. The maximum absolute atomic E-state index is 12.4. The highest BCUT2D eigenvalue weighted by Gasteiger charge is 2.28. The Balaban J connectivity index is 2.17. The van der Waals surface area contributed by atoms with E-state index in [0.717, 1.165) is 44.3 Å². The summed E-state index contributed by atoms with van der Waals surface area (Å²) in [6.45, 7) is 9.22. The van der Waals surface area contributed by atoms with Crippen LogP contribution >= 0.6 is 0 Å². The molecule has 0 saturated carbocycles. The van der Waals surface area contributed by atoms with Gasteiger partial charge in [0.15, 0.2) is 5.78 Å². The second-order valence-electron chi connectivity index (χ2n) is 7.19. The molecular weight excluding hydrogens is 298 g/mol. The lowest BCUT2D eigenvalue weighted by molar-refractivity contribution is -0.129. The number of carbonyl (C=O) groups is 2. The van der Waals surface area contributed by atoms with Crippen molar-refractivity contribution in [3.8, 4) is 0 Å². The van der Waals surface area contributed by atoms with Gasteiger partial charge in [0.2, 0.25) is 0 Å². The smallest absolute Gasteiger partial charge is 0.162 e. The fraction of sp³-hybridized carbons (Fsp3) is 0.810. The predicted molar refractivity (Wildman–Crippen MR) is 101 cm³/mol. The highest BCUT2D eigenvalue weighted by molar-refractivity contribution is 6.01. The van der Waals surface area contributed by atoms with Crippen molar-refractivity contribution in [2.75, 3.05) is 6.54 Å². The van der Waals surface area contributed by atoms with Gasteiger partial charge in [-0.3, -0.25) is 9.59 Å². The van der Waals surface area contributed by atoms with Crippen molar-refractivity contribution in [2.45, 2.75) is 103 Å². The minimum absolute atomic E-state index is 0.0881. The van der Waals surface area contributed by atoms with E-state index in [1.165, 1.54) is 38.5 Å². The van der Waals surface area contributed by atoms with Crippen molar-refractivity contribution in [1.82, 2.24) is 4.90 Å². The molecule has 0 unspecified atom stereocenters. The van der Waals surface area contributed by atoms with Crippen LogP contribution in [0.5, 0.6) is 0 Å². The fourth-order valence-electron chi connectivity index (χ4n) is 3.61. The first-order valence-corrected chi connectivity index (χ1v) is 10.1. The van der Waals surface area contributed by atoms with E-state index in [4.69, 9.17) is 0 Å². The van der Waals surface area contributed by atoms with Gasteiger partial charge in [-0.25, -0.2) is 0 Å². The highest BCUT2D eigenvalue weighted by atomic mass is 16.1. The fourth-order valence-corrected chi connectivity index (χ4v) is 3.61. The minimum atomic E-state index is -0.137. The van der Waals surface area contributed by atoms with Gasteiger partial charge in [-0.05, 0) is 25.7 Å². The number of Topliss-reactive ketones (excluding diaryl/α,β-unsaturated/α-hetero) is 2. The third-order valence-electron chi connectivity index (χ3n) is 5.09. The Hall–Kier alpha value is -1.12. The number of unbranched alkanes of at least 4 members (excludes halogenated alkanes) is 7. The van der Waals surface area contributed by atoms with Crippen LogP contribution in [-0.4, -0.2) is 29.1 Å².